The van der Waals surface area contributed by atoms with Gasteiger partial charge in [-0.25, -0.2) is 8.42 Å². The molecule has 10 heteroatoms. The van der Waals surface area contributed by atoms with Crippen LogP contribution < -0.4 is 0 Å². The molecular weight excluding hydrogens is 452 g/mol. The minimum absolute atomic E-state index is 0.0207. The summed E-state index contributed by atoms with van der Waals surface area (Å²) < 4.78 is 26.0. The number of rotatable bonds is 8. The molecule has 0 N–H and O–H groups in total. The molecule has 0 unspecified atom stereocenters. The third-order valence-corrected chi connectivity index (χ3v) is 9.78. The molecule has 7 nitrogen and oxygen atoms in total. The van der Waals surface area contributed by atoms with Gasteiger partial charge in [0.15, 0.2) is 15.0 Å². The van der Waals surface area contributed by atoms with Gasteiger partial charge >= 0.3 is 0 Å². The highest BCUT2D eigenvalue weighted by Crippen LogP contribution is 2.33. The second-order valence-corrected chi connectivity index (χ2v) is 12.5. The van der Waals surface area contributed by atoms with E-state index in [4.69, 9.17) is 0 Å². The van der Waals surface area contributed by atoms with Crippen LogP contribution in [0.3, 0.4) is 0 Å². The molecule has 0 radical (unpaired) electrons. The molecule has 3 heterocycles. The Morgan fingerprint density at radius 1 is 1.26 bits per heavy atom. The summed E-state index contributed by atoms with van der Waals surface area (Å²) in [5.41, 5.74) is 0. The highest BCUT2D eigenvalue weighted by Gasteiger charge is 2.34. The average Bonchev–Trinajstić information content (AvgIpc) is 3.49. The average molecular weight is 483 g/mol. The Balaban J connectivity index is 1.48. The standard InChI is InChI=1S/C21H30N4O3S3/c1-2-24(17-10-12-31(27,28)15-17)20(26)14-30-21-23-22-19(13-18-9-6-11-29-18)25(21)16-7-4-3-5-8-16/h6,9,11,16-17H,2-5,7-8,10,12-15H2,1H3/t17-/m1/s1. The molecular formula is C21H30N4O3S3. The maximum Gasteiger partial charge on any atom is 0.233 e. The Morgan fingerprint density at radius 2 is 2.06 bits per heavy atom. The van der Waals surface area contributed by atoms with E-state index in [0.717, 1.165) is 30.2 Å². The van der Waals surface area contributed by atoms with Crippen LogP contribution in [0, 0.1) is 0 Å². The van der Waals surface area contributed by atoms with Crippen LogP contribution >= 0.6 is 23.1 Å². The van der Waals surface area contributed by atoms with Crippen LogP contribution in [0.25, 0.3) is 0 Å². The Labute approximate surface area is 192 Å². The van der Waals surface area contributed by atoms with E-state index in [0.29, 0.717) is 19.0 Å². The normalized spacial score (nSPS) is 21.4. The summed E-state index contributed by atoms with van der Waals surface area (Å²) in [5, 5.41) is 11.8. The van der Waals surface area contributed by atoms with Crippen LogP contribution in [0.2, 0.25) is 0 Å². The summed E-state index contributed by atoms with van der Waals surface area (Å²) in [7, 11) is -3.02. The van der Waals surface area contributed by atoms with Crippen molar-refractivity contribution in [2.75, 3.05) is 23.8 Å². The van der Waals surface area contributed by atoms with Gasteiger partial charge in [0.05, 0.1) is 17.3 Å². The van der Waals surface area contributed by atoms with E-state index >= 15 is 0 Å². The highest BCUT2D eigenvalue weighted by molar-refractivity contribution is 7.99. The molecule has 2 aromatic heterocycles. The van der Waals surface area contributed by atoms with Crippen molar-refractivity contribution in [3.63, 3.8) is 0 Å². The number of aromatic nitrogens is 3. The zero-order valence-corrected chi connectivity index (χ0v) is 20.4. The first kappa shape index (κ1) is 22.8. The third-order valence-electron chi connectivity index (χ3n) is 6.22. The molecule has 1 amide bonds. The smallest absolute Gasteiger partial charge is 0.233 e. The van der Waals surface area contributed by atoms with Gasteiger partial charge < -0.3 is 9.47 Å². The van der Waals surface area contributed by atoms with Gasteiger partial charge in [0.2, 0.25) is 5.91 Å². The molecule has 0 spiro atoms. The lowest BCUT2D eigenvalue weighted by Gasteiger charge is -2.27. The zero-order valence-electron chi connectivity index (χ0n) is 17.9. The Kier molecular flexibility index (Phi) is 7.38. The molecule has 1 aliphatic carbocycles. The van der Waals surface area contributed by atoms with Crippen molar-refractivity contribution < 1.29 is 13.2 Å². The van der Waals surface area contributed by atoms with Crippen LogP contribution in [0.5, 0.6) is 0 Å². The van der Waals surface area contributed by atoms with Crippen LogP contribution in [-0.4, -0.2) is 63.8 Å². The van der Waals surface area contributed by atoms with Gasteiger partial charge in [0.1, 0.15) is 5.82 Å². The molecule has 2 aromatic rings. The molecule has 2 aliphatic rings. The van der Waals surface area contributed by atoms with Crippen LogP contribution in [0.4, 0.5) is 0 Å². The molecule has 4 rings (SSSR count). The fourth-order valence-electron chi connectivity index (χ4n) is 4.67. The molecule has 1 saturated heterocycles. The summed E-state index contributed by atoms with van der Waals surface area (Å²) >= 11 is 3.16. The number of carbonyl (C=O) groups is 1. The van der Waals surface area contributed by atoms with Gasteiger partial charge in [-0.3, -0.25) is 4.79 Å². The predicted molar refractivity (Wildman–Crippen MR) is 124 cm³/mol. The third kappa shape index (κ3) is 5.51. The second kappa shape index (κ2) is 10.0. The quantitative estimate of drug-likeness (QED) is 0.535. The molecule has 31 heavy (non-hydrogen) atoms. The number of hydrogen-bond acceptors (Lipinski definition) is 7. The number of thioether (sulfide) groups is 1. The molecule has 0 aromatic carbocycles. The first-order chi connectivity index (χ1) is 15.0. The van der Waals surface area contributed by atoms with Gasteiger partial charge in [-0.2, -0.15) is 0 Å². The summed E-state index contributed by atoms with van der Waals surface area (Å²) in [6.45, 7) is 2.44. The van der Waals surface area contributed by atoms with Gasteiger partial charge in [0, 0.05) is 29.9 Å². The number of carbonyl (C=O) groups excluding carboxylic acids is 1. The minimum Gasteiger partial charge on any atom is -0.338 e. The van der Waals surface area contributed by atoms with E-state index < -0.39 is 9.84 Å². The maximum atomic E-state index is 13.0. The van der Waals surface area contributed by atoms with Gasteiger partial charge in [0.25, 0.3) is 0 Å². The van der Waals surface area contributed by atoms with Crippen molar-refractivity contribution >= 4 is 38.8 Å². The summed E-state index contributed by atoms with van der Waals surface area (Å²) in [4.78, 5) is 15.9. The molecule has 0 bridgehead atoms. The summed E-state index contributed by atoms with van der Waals surface area (Å²) in [6.07, 6.45) is 7.24. The lowest BCUT2D eigenvalue weighted by atomic mass is 9.95. The topological polar surface area (TPSA) is 85.2 Å². The Morgan fingerprint density at radius 3 is 2.71 bits per heavy atom. The predicted octanol–water partition coefficient (Wildman–Crippen LogP) is 3.56. The Bertz CT molecular complexity index is 982. The van der Waals surface area contributed by atoms with Crippen molar-refractivity contribution in [3.05, 3.63) is 28.2 Å². The lowest BCUT2D eigenvalue weighted by molar-refractivity contribution is -0.129. The first-order valence-corrected chi connectivity index (χ1v) is 14.7. The minimum atomic E-state index is -3.02. The van der Waals surface area contributed by atoms with Crippen LogP contribution in [-0.2, 0) is 21.1 Å². The largest absolute Gasteiger partial charge is 0.338 e. The fraction of sp³-hybridized carbons (Fsp3) is 0.667. The van der Waals surface area contributed by atoms with E-state index in [1.165, 1.54) is 35.9 Å². The van der Waals surface area contributed by atoms with E-state index in [1.54, 1.807) is 16.2 Å². The van der Waals surface area contributed by atoms with Crippen LogP contribution in [0.1, 0.15) is 62.2 Å². The second-order valence-electron chi connectivity index (χ2n) is 8.34. The zero-order chi connectivity index (χ0) is 21.8. The van der Waals surface area contributed by atoms with Gasteiger partial charge in [-0.15, -0.1) is 21.5 Å². The molecule has 2 fully saturated rings. The van der Waals surface area contributed by atoms with E-state index in [2.05, 4.69) is 32.3 Å². The molecule has 1 saturated carbocycles. The maximum absolute atomic E-state index is 13.0. The summed E-state index contributed by atoms with van der Waals surface area (Å²) in [5.74, 6) is 1.47. The van der Waals surface area contributed by atoms with Crippen molar-refractivity contribution in [1.29, 1.82) is 0 Å². The summed E-state index contributed by atoms with van der Waals surface area (Å²) in [6, 6.07) is 4.36. The Hall–Kier alpha value is -1.39. The van der Waals surface area contributed by atoms with Crippen molar-refractivity contribution in [2.45, 2.75) is 69.1 Å². The lowest BCUT2D eigenvalue weighted by Crippen LogP contribution is -2.42. The van der Waals surface area contributed by atoms with E-state index in [9.17, 15) is 13.2 Å². The number of nitrogens with zero attached hydrogens (tertiary/aromatic N) is 4. The molecule has 1 atom stereocenters. The monoisotopic (exact) mass is 482 g/mol. The number of sulfone groups is 1. The number of amides is 1. The molecule has 1 aliphatic heterocycles. The first-order valence-electron chi connectivity index (χ1n) is 11.1. The number of hydrogen-bond donors (Lipinski definition) is 0. The van der Waals surface area contributed by atoms with Crippen molar-refractivity contribution in [2.24, 2.45) is 0 Å². The number of thiophene rings is 1. The fourth-order valence-corrected chi connectivity index (χ4v) is 8.01. The van der Waals surface area contributed by atoms with E-state index in [-0.39, 0.29) is 29.2 Å². The van der Waals surface area contributed by atoms with Gasteiger partial charge in [-0.1, -0.05) is 37.1 Å². The molecule has 170 valence electrons. The van der Waals surface area contributed by atoms with Crippen LogP contribution in [0.15, 0.2) is 22.7 Å². The van der Waals surface area contributed by atoms with Crippen molar-refractivity contribution in [1.82, 2.24) is 19.7 Å². The van der Waals surface area contributed by atoms with Crippen molar-refractivity contribution in [3.8, 4) is 0 Å². The van der Waals surface area contributed by atoms with Gasteiger partial charge in [-0.05, 0) is 37.6 Å². The highest BCUT2D eigenvalue weighted by atomic mass is 32.2. The van der Waals surface area contributed by atoms with E-state index in [1.807, 2.05) is 6.92 Å². The SMILES string of the molecule is CCN(C(=O)CSc1nnc(Cc2cccs2)n1C1CCCCC1)[C@@H]1CCS(=O)(=O)C1.